The molecule has 0 aliphatic carbocycles. The summed E-state index contributed by atoms with van der Waals surface area (Å²) in [5.74, 6) is 0.943. The maximum Gasteiger partial charge on any atom is 0.243 e. The lowest BCUT2D eigenvalue weighted by Gasteiger charge is -2.36. The molecular formula is C26H29N5O3S. The number of fused-ring (bicyclic) bond motifs is 3. The average Bonchev–Trinajstić information content (AvgIpc) is 3.12. The Hall–Kier alpha value is -3.30. The minimum absolute atomic E-state index is 0.000902. The lowest BCUT2D eigenvalue weighted by molar-refractivity contribution is 0.203. The number of benzene rings is 2. The van der Waals surface area contributed by atoms with Crippen LogP contribution in [0, 0.1) is 5.92 Å². The van der Waals surface area contributed by atoms with Crippen molar-refractivity contribution in [2.24, 2.45) is 10.9 Å². The molecule has 2 unspecified atom stereocenters. The largest absolute Gasteiger partial charge is 0.508 e. The summed E-state index contributed by atoms with van der Waals surface area (Å²) in [5.41, 5.74) is 2.66. The van der Waals surface area contributed by atoms with E-state index in [1.807, 2.05) is 19.1 Å². The number of piperidine rings is 1. The molecule has 182 valence electrons. The van der Waals surface area contributed by atoms with Gasteiger partial charge in [0.25, 0.3) is 0 Å². The molecule has 0 saturated carbocycles. The molecule has 1 saturated heterocycles. The summed E-state index contributed by atoms with van der Waals surface area (Å²) >= 11 is 0. The molecule has 3 aromatic rings. The summed E-state index contributed by atoms with van der Waals surface area (Å²) in [6.07, 6.45) is 10.6. The third-order valence-electron chi connectivity index (χ3n) is 6.89. The van der Waals surface area contributed by atoms with E-state index < -0.39 is 10.0 Å². The fraction of sp³-hybridized carbons (Fsp3) is 0.346. The van der Waals surface area contributed by atoms with Crippen molar-refractivity contribution in [2.45, 2.75) is 50.5 Å². The second kappa shape index (κ2) is 9.39. The number of hydrogen-bond donors (Lipinski definition) is 2. The average molecular weight is 492 g/mol. The molecule has 8 nitrogen and oxygen atoms in total. The monoisotopic (exact) mass is 491 g/mol. The number of nitrogens with zero attached hydrogens (tertiary/aromatic N) is 4. The van der Waals surface area contributed by atoms with Crippen molar-refractivity contribution in [2.75, 3.05) is 11.9 Å². The lowest BCUT2D eigenvalue weighted by atomic mass is 9.93. The lowest BCUT2D eigenvalue weighted by Crippen LogP contribution is -2.45. The van der Waals surface area contributed by atoms with Gasteiger partial charge < -0.3 is 10.4 Å². The van der Waals surface area contributed by atoms with Crippen LogP contribution in [-0.4, -0.2) is 46.6 Å². The zero-order valence-corrected chi connectivity index (χ0v) is 20.7. The quantitative estimate of drug-likeness (QED) is 0.515. The summed E-state index contributed by atoms with van der Waals surface area (Å²) in [5, 5.41) is 14.2. The Morgan fingerprint density at radius 1 is 1.20 bits per heavy atom. The zero-order valence-electron chi connectivity index (χ0n) is 19.8. The van der Waals surface area contributed by atoms with E-state index in [1.165, 1.54) is 0 Å². The fourth-order valence-electron chi connectivity index (χ4n) is 4.74. The van der Waals surface area contributed by atoms with Crippen LogP contribution in [0.15, 0.2) is 58.6 Å². The molecule has 2 aliphatic heterocycles. The van der Waals surface area contributed by atoms with Crippen LogP contribution >= 0.6 is 0 Å². The third-order valence-corrected chi connectivity index (χ3v) is 8.89. The smallest absolute Gasteiger partial charge is 0.243 e. The maximum absolute atomic E-state index is 13.3. The Morgan fingerprint density at radius 3 is 2.77 bits per heavy atom. The van der Waals surface area contributed by atoms with Crippen LogP contribution < -0.4 is 5.32 Å². The van der Waals surface area contributed by atoms with Gasteiger partial charge in [-0.1, -0.05) is 19.4 Å². The van der Waals surface area contributed by atoms with E-state index in [2.05, 4.69) is 27.2 Å². The Morgan fingerprint density at radius 2 is 2.00 bits per heavy atom. The molecule has 2 N–H and O–H groups in total. The van der Waals surface area contributed by atoms with Gasteiger partial charge in [-0.2, -0.15) is 4.31 Å². The highest BCUT2D eigenvalue weighted by molar-refractivity contribution is 7.89. The summed E-state index contributed by atoms with van der Waals surface area (Å²) in [6, 6.07) is 8.36. The number of nitrogens with one attached hydrogen (secondary N) is 1. The number of phenolic OH excluding ortho intramolecular Hbond substituents is 1. The van der Waals surface area contributed by atoms with Gasteiger partial charge in [0.2, 0.25) is 16.0 Å². The number of aromatic hydroxyl groups is 1. The normalized spacial score (nSPS) is 20.5. The SMILES string of the molecule is CCC1CCC(C)N(S(=O)(=O)c2ccc(Nc3ncc4cc(O)c5c(c4n3)N=CC=CC5)cc2)C1. The number of hydrogen-bond acceptors (Lipinski definition) is 7. The van der Waals surface area contributed by atoms with Crippen molar-refractivity contribution < 1.29 is 13.5 Å². The van der Waals surface area contributed by atoms with Crippen molar-refractivity contribution in [3.63, 3.8) is 0 Å². The number of rotatable bonds is 5. The van der Waals surface area contributed by atoms with E-state index in [0.29, 0.717) is 47.1 Å². The molecule has 0 radical (unpaired) electrons. The number of anilines is 2. The van der Waals surface area contributed by atoms with E-state index in [4.69, 9.17) is 0 Å². The molecule has 3 heterocycles. The third kappa shape index (κ3) is 4.53. The van der Waals surface area contributed by atoms with Gasteiger partial charge in [0.05, 0.1) is 10.6 Å². The summed E-state index contributed by atoms with van der Waals surface area (Å²) in [7, 11) is -3.56. The first-order valence-electron chi connectivity index (χ1n) is 12.0. The van der Waals surface area contributed by atoms with Crippen molar-refractivity contribution in [3.8, 4) is 5.75 Å². The highest BCUT2D eigenvalue weighted by atomic mass is 32.2. The molecule has 2 atom stereocenters. The summed E-state index contributed by atoms with van der Waals surface area (Å²) in [6.45, 7) is 4.67. The van der Waals surface area contributed by atoms with Gasteiger partial charge in [-0.25, -0.2) is 18.4 Å². The van der Waals surface area contributed by atoms with E-state index >= 15 is 0 Å². The molecule has 0 spiro atoms. The Balaban J connectivity index is 1.40. The Labute approximate surface area is 205 Å². The second-order valence-electron chi connectivity index (χ2n) is 9.19. The standard InChI is InChI=1S/C26H29N5O3S/c1-3-18-8-7-17(2)31(16-18)35(33,34)21-11-9-20(10-12-21)29-26-28-15-19-14-23(32)22-6-4-5-13-27-25(22)24(19)30-26/h4-5,9-15,17-18,32H,3,6-8,16H2,1-2H3,(H,28,29,30). The van der Waals surface area contributed by atoms with Crippen LogP contribution in [0.5, 0.6) is 5.75 Å². The predicted molar refractivity (Wildman–Crippen MR) is 138 cm³/mol. The van der Waals surface area contributed by atoms with Gasteiger partial charge in [0.15, 0.2) is 0 Å². The molecule has 35 heavy (non-hydrogen) atoms. The van der Waals surface area contributed by atoms with Crippen molar-refractivity contribution in [1.82, 2.24) is 14.3 Å². The van der Waals surface area contributed by atoms with Crippen molar-refractivity contribution in [3.05, 3.63) is 54.2 Å². The molecule has 0 bridgehead atoms. The molecule has 5 rings (SSSR count). The number of aromatic nitrogens is 2. The predicted octanol–water partition coefficient (Wildman–Crippen LogP) is 5.09. The van der Waals surface area contributed by atoms with Crippen LogP contribution in [0.4, 0.5) is 17.3 Å². The van der Waals surface area contributed by atoms with Gasteiger partial charge in [0.1, 0.15) is 11.3 Å². The van der Waals surface area contributed by atoms with Crippen LogP contribution in [0.2, 0.25) is 0 Å². The molecular weight excluding hydrogens is 462 g/mol. The van der Waals surface area contributed by atoms with E-state index in [1.54, 1.807) is 47.0 Å². The van der Waals surface area contributed by atoms with Gasteiger partial charge in [0, 0.05) is 41.6 Å². The molecule has 1 aromatic heterocycles. The maximum atomic E-state index is 13.3. The molecule has 9 heteroatoms. The first-order chi connectivity index (χ1) is 16.9. The number of aliphatic imine (C=N–C) groups is 1. The Kier molecular flexibility index (Phi) is 6.29. The minimum atomic E-state index is -3.56. The fourth-order valence-corrected chi connectivity index (χ4v) is 6.48. The highest BCUT2D eigenvalue weighted by Crippen LogP contribution is 2.37. The Bertz CT molecular complexity index is 1420. The summed E-state index contributed by atoms with van der Waals surface area (Å²) < 4.78 is 28.3. The van der Waals surface area contributed by atoms with Gasteiger partial charge >= 0.3 is 0 Å². The first kappa shape index (κ1) is 23.4. The highest BCUT2D eigenvalue weighted by Gasteiger charge is 2.34. The van der Waals surface area contributed by atoms with Crippen molar-refractivity contribution >= 4 is 44.5 Å². The van der Waals surface area contributed by atoms with Gasteiger partial charge in [-0.3, -0.25) is 4.99 Å². The molecule has 2 aliphatic rings. The van der Waals surface area contributed by atoms with Crippen LogP contribution in [0.1, 0.15) is 38.7 Å². The number of phenols is 1. The van der Waals surface area contributed by atoms with E-state index in [-0.39, 0.29) is 16.7 Å². The first-order valence-corrected chi connectivity index (χ1v) is 13.4. The molecule has 0 amide bonds. The van der Waals surface area contributed by atoms with Crippen LogP contribution in [0.3, 0.4) is 0 Å². The van der Waals surface area contributed by atoms with Crippen LogP contribution in [-0.2, 0) is 16.4 Å². The van der Waals surface area contributed by atoms with E-state index in [9.17, 15) is 13.5 Å². The minimum Gasteiger partial charge on any atom is -0.508 e. The molecule has 1 fully saturated rings. The van der Waals surface area contributed by atoms with Crippen molar-refractivity contribution in [1.29, 1.82) is 0 Å². The van der Waals surface area contributed by atoms with Gasteiger partial charge in [-0.05, 0) is 68.5 Å². The topological polar surface area (TPSA) is 108 Å². The number of allylic oxidation sites excluding steroid dienone is 2. The second-order valence-corrected chi connectivity index (χ2v) is 11.1. The van der Waals surface area contributed by atoms with Gasteiger partial charge in [-0.15, -0.1) is 0 Å². The van der Waals surface area contributed by atoms with Crippen LogP contribution in [0.25, 0.3) is 10.9 Å². The zero-order chi connectivity index (χ0) is 24.6. The summed E-state index contributed by atoms with van der Waals surface area (Å²) in [4.78, 5) is 13.7. The number of sulfonamides is 1. The molecule has 2 aromatic carbocycles. The van der Waals surface area contributed by atoms with E-state index in [0.717, 1.165) is 24.8 Å².